The smallest absolute Gasteiger partial charge is 0.417 e. The summed E-state index contributed by atoms with van der Waals surface area (Å²) in [5, 5.41) is 11.8. The second-order valence-electron chi connectivity index (χ2n) is 7.38. The number of aromatic nitrogens is 1. The van der Waals surface area contributed by atoms with E-state index in [0.717, 1.165) is 16.1 Å². The molecule has 4 rings (SSSR count). The molecular formula is C24H18BrF3N2O3. The molecule has 0 saturated heterocycles. The minimum Gasteiger partial charge on any atom is -0.481 e. The first-order chi connectivity index (χ1) is 15.7. The largest absolute Gasteiger partial charge is 0.481 e. The monoisotopic (exact) mass is 518 g/mol. The van der Waals surface area contributed by atoms with Gasteiger partial charge in [0.1, 0.15) is 5.52 Å². The van der Waals surface area contributed by atoms with E-state index < -0.39 is 17.7 Å². The van der Waals surface area contributed by atoms with E-state index >= 15 is 0 Å². The van der Waals surface area contributed by atoms with Crippen molar-refractivity contribution in [2.75, 3.05) is 6.54 Å². The molecule has 0 aliphatic rings. The summed E-state index contributed by atoms with van der Waals surface area (Å²) in [5.41, 5.74) is 1.73. The van der Waals surface area contributed by atoms with Crippen molar-refractivity contribution in [3.63, 3.8) is 0 Å². The molecule has 0 amide bonds. The molecule has 9 heteroatoms. The van der Waals surface area contributed by atoms with Crippen LogP contribution in [-0.2, 0) is 17.5 Å². The van der Waals surface area contributed by atoms with E-state index in [-0.39, 0.29) is 23.4 Å². The molecule has 5 nitrogen and oxygen atoms in total. The number of halogens is 4. The zero-order chi connectivity index (χ0) is 23.6. The number of nitrogens with zero attached hydrogens (tertiary/aromatic N) is 1. The molecule has 4 aromatic rings. The van der Waals surface area contributed by atoms with Crippen molar-refractivity contribution >= 4 is 33.0 Å². The molecule has 0 atom stereocenters. The van der Waals surface area contributed by atoms with Gasteiger partial charge in [0.25, 0.3) is 0 Å². The van der Waals surface area contributed by atoms with Crippen LogP contribution in [0.1, 0.15) is 17.5 Å². The van der Waals surface area contributed by atoms with Crippen molar-refractivity contribution in [1.29, 1.82) is 0 Å². The zero-order valence-corrected chi connectivity index (χ0v) is 18.7. The standard InChI is InChI=1S/C24H18BrF3N2O3/c25-19-12-20-21(11-16(19)13-29-9-8-22(31)32)33-23(30-20)15-6-7-17(14-4-2-1-3-5-14)18(10-15)24(26,27)28/h1-7,10-12,29H,8-9,13H2,(H,31,32). The number of nitrogens with one attached hydrogen (secondary N) is 1. The van der Waals surface area contributed by atoms with Crippen molar-refractivity contribution in [3.8, 4) is 22.6 Å². The number of fused-ring (bicyclic) bond motifs is 1. The highest BCUT2D eigenvalue weighted by Gasteiger charge is 2.34. The van der Waals surface area contributed by atoms with Crippen LogP contribution in [0.2, 0.25) is 0 Å². The number of carbonyl (C=O) groups is 1. The number of benzene rings is 3. The summed E-state index contributed by atoms with van der Waals surface area (Å²) in [6.07, 6.45) is -4.56. The van der Waals surface area contributed by atoms with Crippen molar-refractivity contribution in [1.82, 2.24) is 10.3 Å². The summed E-state index contributed by atoms with van der Waals surface area (Å²) in [6.45, 7) is 0.694. The van der Waals surface area contributed by atoms with E-state index in [9.17, 15) is 18.0 Å². The average Bonchev–Trinajstić information content (AvgIpc) is 3.19. The van der Waals surface area contributed by atoms with Gasteiger partial charge in [0.15, 0.2) is 5.58 Å². The fourth-order valence-corrected chi connectivity index (χ4v) is 3.92. The molecule has 0 unspecified atom stereocenters. The lowest BCUT2D eigenvalue weighted by atomic mass is 9.97. The Hall–Kier alpha value is -3.17. The van der Waals surface area contributed by atoms with E-state index in [0.29, 0.717) is 29.8 Å². The highest BCUT2D eigenvalue weighted by Crippen LogP contribution is 2.40. The predicted octanol–water partition coefficient (Wildman–Crippen LogP) is 6.51. The Balaban J connectivity index is 1.68. The molecule has 0 spiro atoms. The predicted molar refractivity (Wildman–Crippen MR) is 122 cm³/mol. The SMILES string of the molecule is O=C(O)CCNCc1cc2oc(-c3ccc(-c4ccccc4)c(C(F)(F)F)c3)nc2cc1Br. The van der Waals surface area contributed by atoms with Crippen molar-refractivity contribution in [3.05, 3.63) is 76.3 Å². The summed E-state index contributed by atoms with van der Waals surface area (Å²) < 4.78 is 48.0. The Kier molecular flexibility index (Phi) is 6.53. The van der Waals surface area contributed by atoms with Crippen LogP contribution in [0.15, 0.2) is 69.6 Å². The number of carboxylic acids is 1. The summed E-state index contributed by atoms with van der Waals surface area (Å²) in [7, 11) is 0. The summed E-state index contributed by atoms with van der Waals surface area (Å²) in [6, 6.07) is 15.9. The first kappa shape index (κ1) is 23.0. The molecular weight excluding hydrogens is 501 g/mol. The lowest BCUT2D eigenvalue weighted by Gasteiger charge is -2.14. The minimum atomic E-state index is -4.55. The van der Waals surface area contributed by atoms with Gasteiger partial charge in [-0.25, -0.2) is 4.98 Å². The summed E-state index contributed by atoms with van der Waals surface area (Å²) in [4.78, 5) is 15.0. The Labute approximate surface area is 195 Å². The van der Waals surface area contributed by atoms with Crippen LogP contribution < -0.4 is 5.32 Å². The topological polar surface area (TPSA) is 75.4 Å². The molecule has 0 aliphatic carbocycles. The van der Waals surface area contributed by atoms with Crippen LogP contribution in [0.3, 0.4) is 0 Å². The van der Waals surface area contributed by atoms with Crippen LogP contribution in [0.25, 0.3) is 33.7 Å². The van der Waals surface area contributed by atoms with Crippen LogP contribution >= 0.6 is 15.9 Å². The van der Waals surface area contributed by atoms with Gasteiger partial charge in [-0.15, -0.1) is 0 Å². The van der Waals surface area contributed by atoms with E-state index in [1.807, 2.05) is 0 Å². The highest BCUT2D eigenvalue weighted by molar-refractivity contribution is 9.10. The maximum Gasteiger partial charge on any atom is 0.417 e. The number of aliphatic carboxylic acids is 1. The highest BCUT2D eigenvalue weighted by atomic mass is 79.9. The van der Waals surface area contributed by atoms with Gasteiger partial charge in [-0.3, -0.25) is 4.79 Å². The molecule has 2 N–H and O–H groups in total. The molecule has 1 heterocycles. The third kappa shape index (κ3) is 5.26. The van der Waals surface area contributed by atoms with Gasteiger partial charge in [0.05, 0.1) is 12.0 Å². The lowest BCUT2D eigenvalue weighted by molar-refractivity contribution is -0.137. The maximum atomic E-state index is 13.8. The van der Waals surface area contributed by atoms with Gasteiger partial charge in [-0.2, -0.15) is 13.2 Å². The number of hydrogen-bond donors (Lipinski definition) is 2. The Bertz CT molecular complexity index is 1300. The number of hydrogen-bond acceptors (Lipinski definition) is 4. The Morgan fingerprint density at radius 3 is 2.52 bits per heavy atom. The molecule has 0 fully saturated rings. The molecule has 0 saturated carbocycles. The van der Waals surface area contributed by atoms with Crippen molar-refractivity contribution in [2.45, 2.75) is 19.1 Å². The van der Waals surface area contributed by atoms with Crippen molar-refractivity contribution < 1.29 is 27.5 Å². The lowest BCUT2D eigenvalue weighted by Crippen LogP contribution is -2.17. The number of carboxylic acid groups (broad SMARTS) is 1. The van der Waals surface area contributed by atoms with Gasteiger partial charge >= 0.3 is 12.1 Å². The Morgan fingerprint density at radius 1 is 1.06 bits per heavy atom. The Morgan fingerprint density at radius 2 is 1.82 bits per heavy atom. The maximum absolute atomic E-state index is 13.8. The quantitative estimate of drug-likeness (QED) is 0.273. The fourth-order valence-electron chi connectivity index (χ4n) is 3.45. The number of alkyl halides is 3. The molecule has 0 bridgehead atoms. The van der Waals surface area contributed by atoms with E-state index in [1.165, 1.54) is 6.07 Å². The van der Waals surface area contributed by atoms with Gasteiger partial charge in [0, 0.05) is 23.1 Å². The summed E-state index contributed by atoms with van der Waals surface area (Å²) >= 11 is 3.45. The first-order valence-electron chi connectivity index (χ1n) is 10.0. The van der Waals surface area contributed by atoms with Gasteiger partial charge in [0.2, 0.25) is 5.89 Å². The third-order valence-electron chi connectivity index (χ3n) is 5.04. The van der Waals surface area contributed by atoms with Gasteiger partial charge in [-0.05, 0) is 41.0 Å². The van der Waals surface area contributed by atoms with Gasteiger partial charge in [-0.1, -0.05) is 52.3 Å². The van der Waals surface area contributed by atoms with Crippen LogP contribution in [-0.4, -0.2) is 22.6 Å². The molecule has 1 aromatic heterocycles. The zero-order valence-electron chi connectivity index (χ0n) is 17.1. The minimum absolute atomic E-state index is 0.00711. The normalized spacial score (nSPS) is 11.8. The van der Waals surface area contributed by atoms with Crippen LogP contribution in [0.5, 0.6) is 0 Å². The molecule has 3 aromatic carbocycles. The third-order valence-corrected chi connectivity index (χ3v) is 5.78. The van der Waals surface area contributed by atoms with Gasteiger partial charge < -0.3 is 14.8 Å². The number of rotatable bonds is 7. The second-order valence-corrected chi connectivity index (χ2v) is 8.23. The van der Waals surface area contributed by atoms with Crippen LogP contribution in [0.4, 0.5) is 13.2 Å². The van der Waals surface area contributed by atoms with E-state index in [2.05, 4.69) is 26.2 Å². The van der Waals surface area contributed by atoms with E-state index in [4.69, 9.17) is 9.52 Å². The molecule has 0 radical (unpaired) electrons. The number of oxazole rings is 1. The average molecular weight is 519 g/mol. The fraction of sp³-hybridized carbons (Fsp3) is 0.167. The molecule has 33 heavy (non-hydrogen) atoms. The summed E-state index contributed by atoms with van der Waals surface area (Å²) in [5.74, 6) is -0.814. The molecule has 170 valence electrons. The first-order valence-corrected chi connectivity index (χ1v) is 10.8. The second kappa shape index (κ2) is 9.36. The van der Waals surface area contributed by atoms with Crippen LogP contribution in [0, 0.1) is 0 Å². The van der Waals surface area contributed by atoms with E-state index in [1.54, 1.807) is 48.5 Å². The molecule has 0 aliphatic heterocycles. The van der Waals surface area contributed by atoms with Crippen molar-refractivity contribution in [2.24, 2.45) is 0 Å².